The fourth-order valence-corrected chi connectivity index (χ4v) is 2.13. The van der Waals surface area contributed by atoms with Crippen LogP contribution < -0.4 is 10.8 Å². The Labute approximate surface area is 164 Å². The van der Waals surface area contributed by atoms with E-state index in [0.717, 1.165) is 5.48 Å². The van der Waals surface area contributed by atoms with Crippen LogP contribution in [0, 0.1) is 23.7 Å². The molecule has 0 aliphatic carbocycles. The van der Waals surface area contributed by atoms with Gasteiger partial charge in [0, 0.05) is 11.1 Å². The lowest BCUT2D eigenvalue weighted by Gasteiger charge is -2.30. The van der Waals surface area contributed by atoms with E-state index in [-0.39, 0.29) is 5.56 Å². The van der Waals surface area contributed by atoms with Crippen LogP contribution in [0.15, 0.2) is 47.3 Å². The third-order valence-corrected chi connectivity index (χ3v) is 3.82. The van der Waals surface area contributed by atoms with Crippen LogP contribution in [0.25, 0.3) is 0 Å². The number of nitrogens with one attached hydrogen (secondary N) is 2. The minimum Gasteiger partial charge on any atom is -0.471 e. The summed E-state index contributed by atoms with van der Waals surface area (Å²) in [5.74, 6) is 8.48. The molecule has 0 aliphatic heterocycles. The van der Waals surface area contributed by atoms with Crippen molar-refractivity contribution in [2.75, 3.05) is 0 Å². The molecule has 2 unspecified atom stereocenters. The molecule has 2 amide bonds. The van der Waals surface area contributed by atoms with Crippen LogP contribution in [0.5, 0.6) is 0 Å². The fourth-order valence-electron chi connectivity index (χ4n) is 2.13. The minimum atomic E-state index is -3.36. The molecule has 0 spiro atoms. The molecule has 9 heteroatoms. The van der Waals surface area contributed by atoms with E-state index in [1.807, 2.05) is 5.32 Å². The lowest BCUT2D eigenvalue weighted by Crippen LogP contribution is -2.61. The number of alkyl halides is 2. The maximum absolute atomic E-state index is 13.0. The summed E-state index contributed by atoms with van der Waals surface area (Å²) in [6.07, 6.45) is -0.403. The van der Waals surface area contributed by atoms with Gasteiger partial charge in [-0.05, 0) is 55.0 Å². The minimum absolute atomic E-state index is 0.0286. The Kier molecular flexibility index (Phi) is 7.10. The van der Waals surface area contributed by atoms with Gasteiger partial charge in [0.05, 0.1) is 11.8 Å². The van der Waals surface area contributed by atoms with Crippen molar-refractivity contribution in [2.45, 2.75) is 25.0 Å². The lowest BCUT2D eigenvalue weighted by atomic mass is 9.95. The Morgan fingerprint density at radius 2 is 1.72 bits per heavy atom. The number of carbonyl (C=O) groups is 2. The number of rotatable bonds is 5. The van der Waals surface area contributed by atoms with Gasteiger partial charge in [-0.2, -0.15) is 0 Å². The number of hydroxylamine groups is 1. The molecule has 0 saturated heterocycles. The van der Waals surface area contributed by atoms with Crippen LogP contribution in [-0.2, 0) is 4.79 Å². The maximum atomic E-state index is 13.0. The van der Waals surface area contributed by atoms with Gasteiger partial charge < -0.3 is 14.8 Å². The smallest absolute Gasteiger partial charge is 0.269 e. The molecule has 1 aromatic heterocycles. The molecule has 150 valence electrons. The number of hydrogen-bond donors (Lipinski definition) is 4. The predicted octanol–water partition coefficient (Wildman–Crippen LogP) is 1.30. The number of benzene rings is 1. The number of carbonyl (C=O) groups excluding carboxylic acids is 2. The van der Waals surface area contributed by atoms with Crippen LogP contribution in [0.2, 0.25) is 0 Å². The number of aliphatic hydroxyl groups is 1. The molecular formula is C20H16F2N2O5. The molecule has 0 aliphatic rings. The van der Waals surface area contributed by atoms with E-state index in [1.54, 1.807) is 6.07 Å². The maximum Gasteiger partial charge on any atom is 0.269 e. The molecule has 2 atom stereocenters. The zero-order valence-corrected chi connectivity index (χ0v) is 15.1. The zero-order valence-electron chi connectivity index (χ0n) is 15.1. The average Bonchev–Trinajstić information content (AvgIpc) is 3.22. The van der Waals surface area contributed by atoms with Gasteiger partial charge in [-0.3, -0.25) is 14.8 Å². The Balaban J connectivity index is 2.10. The summed E-state index contributed by atoms with van der Waals surface area (Å²) in [4.78, 5) is 23.9. The van der Waals surface area contributed by atoms with Crippen molar-refractivity contribution in [3.8, 4) is 23.7 Å². The summed E-state index contributed by atoms with van der Waals surface area (Å²) in [6, 6.07) is 5.29. The summed E-state index contributed by atoms with van der Waals surface area (Å²) < 4.78 is 30.9. The van der Waals surface area contributed by atoms with Gasteiger partial charge >= 0.3 is 0 Å². The van der Waals surface area contributed by atoms with Gasteiger partial charge in [-0.15, -0.1) is 0 Å². The molecular weight excluding hydrogens is 386 g/mol. The van der Waals surface area contributed by atoms with E-state index in [4.69, 9.17) is 9.62 Å². The molecule has 7 nitrogen and oxygen atoms in total. The molecule has 1 heterocycles. The van der Waals surface area contributed by atoms with Crippen LogP contribution >= 0.6 is 0 Å². The Bertz CT molecular complexity index is 978. The SMILES string of the molecule is CC(O)(C(F)F)C(NC(=O)c1ccc(C#CC#Cc2ccoc2)cc1)C(=O)NO. The molecule has 0 fully saturated rings. The Hall–Kier alpha value is -3.66. The number of amides is 2. The third-order valence-electron chi connectivity index (χ3n) is 3.82. The monoisotopic (exact) mass is 402 g/mol. The van der Waals surface area contributed by atoms with Gasteiger partial charge in [0.2, 0.25) is 0 Å². The quantitative estimate of drug-likeness (QED) is 0.342. The largest absolute Gasteiger partial charge is 0.471 e. The van der Waals surface area contributed by atoms with Crippen molar-refractivity contribution in [3.05, 3.63) is 59.5 Å². The van der Waals surface area contributed by atoms with E-state index in [0.29, 0.717) is 18.1 Å². The van der Waals surface area contributed by atoms with Crippen LogP contribution in [0.1, 0.15) is 28.4 Å². The molecule has 0 bridgehead atoms. The third kappa shape index (κ3) is 5.66. The van der Waals surface area contributed by atoms with Gasteiger partial charge in [0.1, 0.15) is 12.3 Å². The van der Waals surface area contributed by atoms with E-state index >= 15 is 0 Å². The normalized spacial score (nSPS) is 13.2. The fraction of sp³-hybridized carbons (Fsp3) is 0.200. The second-order valence-electron chi connectivity index (χ2n) is 6.00. The van der Waals surface area contributed by atoms with E-state index < -0.39 is 29.9 Å². The molecule has 2 rings (SSSR count). The van der Waals surface area contributed by atoms with Crippen molar-refractivity contribution in [3.63, 3.8) is 0 Å². The summed E-state index contributed by atoms with van der Waals surface area (Å²) in [5, 5.41) is 20.5. The number of halogens is 2. The topological polar surface area (TPSA) is 112 Å². The second-order valence-corrected chi connectivity index (χ2v) is 6.00. The van der Waals surface area contributed by atoms with Crippen LogP contribution in [0.3, 0.4) is 0 Å². The standard InChI is InChI=1S/C20H16F2N2O5/c1-20(27,19(21)22)16(18(26)24-28)23-17(25)15-8-6-13(7-9-15)4-2-3-5-14-10-11-29-12-14/h6-12,16,19,27-28H,1H3,(H,23,25)(H,24,26). The highest BCUT2D eigenvalue weighted by atomic mass is 19.3. The van der Waals surface area contributed by atoms with Gasteiger partial charge in [0.25, 0.3) is 18.2 Å². The Morgan fingerprint density at radius 3 is 2.24 bits per heavy atom. The summed E-state index contributed by atoms with van der Waals surface area (Å²) in [5.41, 5.74) is -0.518. The first-order valence-electron chi connectivity index (χ1n) is 8.15. The van der Waals surface area contributed by atoms with E-state index in [1.165, 1.54) is 36.8 Å². The molecule has 1 aromatic carbocycles. The molecule has 4 N–H and O–H groups in total. The van der Waals surface area contributed by atoms with Crippen molar-refractivity contribution >= 4 is 11.8 Å². The first-order chi connectivity index (χ1) is 13.8. The second kappa shape index (κ2) is 9.51. The van der Waals surface area contributed by atoms with Crippen LogP contribution in [0.4, 0.5) is 8.78 Å². The van der Waals surface area contributed by atoms with Crippen molar-refractivity contribution in [1.29, 1.82) is 0 Å². The van der Waals surface area contributed by atoms with Gasteiger partial charge in [0.15, 0.2) is 5.60 Å². The lowest BCUT2D eigenvalue weighted by molar-refractivity contribution is -0.149. The predicted molar refractivity (Wildman–Crippen MR) is 96.7 cm³/mol. The van der Waals surface area contributed by atoms with Crippen molar-refractivity contribution < 1.29 is 33.1 Å². The summed E-state index contributed by atoms with van der Waals surface area (Å²) >= 11 is 0. The van der Waals surface area contributed by atoms with Gasteiger partial charge in [-0.1, -0.05) is 5.92 Å². The highest BCUT2D eigenvalue weighted by molar-refractivity contribution is 5.97. The van der Waals surface area contributed by atoms with Gasteiger partial charge in [-0.25, -0.2) is 14.3 Å². The van der Waals surface area contributed by atoms with Crippen molar-refractivity contribution in [2.24, 2.45) is 0 Å². The average molecular weight is 402 g/mol. The molecule has 0 radical (unpaired) electrons. The molecule has 2 aromatic rings. The van der Waals surface area contributed by atoms with Crippen molar-refractivity contribution in [1.82, 2.24) is 10.8 Å². The summed E-state index contributed by atoms with van der Waals surface area (Å²) in [7, 11) is 0. The molecule has 0 saturated carbocycles. The van der Waals surface area contributed by atoms with E-state index in [9.17, 15) is 23.5 Å². The number of furan rings is 1. The molecule has 29 heavy (non-hydrogen) atoms. The summed E-state index contributed by atoms with van der Waals surface area (Å²) in [6.45, 7) is 0.668. The van der Waals surface area contributed by atoms with E-state index in [2.05, 4.69) is 23.7 Å². The number of hydrogen-bond acceptors (Lipinski definition) is 5. The highest BCUT2D eigenvalue weighted by Crippen LogP contribution is 2.20. The highest BCUT2D eigenvalue weighted by Gasteiger charge is 2.46. The Morgan fingerprint density at radius 1 is 1.10 bits per heavy atom. The first-order valence-corrected chi connectivity index (χ1v) is 8.15. The van der Waals surface area contributed by atoms with Crippen LogP contribution in [-0.4, -0.2) is 40.2 Å². The zero-order chi connectivity index (χ0) is 21.4. The first kappa shape index (κ1) is 21.6.